The van der Waals surface area contributed by atoms with Crippen LogP contribution in [0.25, 0.3) is 0 Å². The first-order valence-corrected chi connectivity index (χ1v) is 7.80. The number of rotatable bonds is 4. The van der Waals surface area contributed by atoms with E-state index in [1.54, 1.807) is 35.9 Å². The summed E-state index contributed by atoms with van der Waals surface area (Å²) in [6.07, 6.45) is 0.0393. The Labute approximate surface area is 143 Å². The third-order valence-corrected chi connectivity index (χ3v) is 3.70. The van der Waals surface area contributed by atoms with Crippen LogP contribution in [0.15, 0.2) is 24.3 Å². The van der Waals surface area contributed by atoms with Crippen LogP contribution in [0.3, 0.4) is 0 Å². The lowest BCUT2D eigenvalue weighted by Gasteiger charge is -2.21. The first-order valence-electron chi connectivity index (χ1n) is 7.80. The van der Waals surface area contributed by atoms with Gasteiger partial charge in [0.05, 0.1) is 12.5 Å². The van der Waals surface area contributed by atoms with Crippen LogP contribution < -0.4 is 16.0 Å². The maximum absolute atomic E-state index is 12.2. The predicted octanol–water partition coefficient (Wildman–Crippen LogP) is 1.14. The van der Waals surface area contributed by atoms with Crippen LogP contribution in [0.5, 0.6) is 0 Å². The Bertz CT molecular complexity index is 827. The summed E-state index contributed by atoms with van der Waals surface area (Å²) in [4.78, 5) is 39.4. The molecule has 0 fully saturated rings. The molecule has 0 aliphatic carbocycles. The molecule has 1 aromatic heterocycles. The van der Waals surface area contributed by atoms with Gasteiger partial charge in [-0.25, -0.2) is 4.68 Å². The number of fused-ring (bicyclic) bond motifs is 1. The van der Waals surface area contributed by atoms with Crippen LogP contribution in [0.4, 0.5) is 17.3 Å². The molecule has 0 spiro atoms. The third-order valence-electron chi connectivity index (χ3n) is 3.70. The molecular weight excluding hydrogens is 324 g/mol. The molecular formula is C16H18N6O3. The molecule has 9 heteroatoms. The molecule has 2 heterocycles. The molecule has 130 valence electrons. The van der Waals surface area contributed by atoms with Gasteiger partial charge in [-0.3, -0.25) is 19.7 Å². The highest BCUT2D eigenvalue weighted by Gasteiger charge is 2.29. The van der Waals surface area contributed by atoms with Crippen molar-refractivity contribution >= 4 is 35.0 Å². The highest BCUT2D eigenvalue weighted by molar-refractivity contribution is 5.98. The predicted molar refractivity (Wildman–Crippen MR) is 90.9 cm³/mol. The van der Waals surface area contributed by atoms with E-state index in [1.807, 2.05) is 0 Å². The molecule has 0 bridgehead atoms. The van der Waals surface area contributed by atoms with Gasteiger partial charge in [0, 0.05) is 24.7 Å². The standard InChI is InChI=1S/C16H18N6O3/c1-9-17-16-20-15(25)11(8-22(16)21-9)7-14(24)19-13-5-3-12(4-6-13)18-10(2)23/h3-6,11H,7-8H2,1-2H3,(H,18,23)(H,19,24)(H,17,20,21,25)/t11-/m0/s1. The molecule has 2 aromatic rings. The van der Waals surface area contributed by atoms with Crippen molar-refractivity contribution in [1.82, 2.24) is 14.8 Å². The fourth-order valence-electron chi connectivity index (χ4n) is 2.61. The normalized spacial score (nSPS) is 15.9. The van der Waals surface area contributed by atoms with E-state index in [2.05, 4.69) is 26.0 Å². The molecule has 1 aromatic carbocycles. The van der Waals surface area contributed by atoms with Crippen LogP contribution in [0.2, 0.25) is 0 Å². The molecule has 3 amide bonds. The zero-order valence-electron chi connectivity index (χ0n) is 13.9. The van der Waals surface area contributed by atoms with Crippen molar-refractivity contribution in [2.45, 2.75) is 26.8 Å². The van der Waals surface area contributed by atoms with E-state index in [-0.39, 0.29) is 24.1 Å². The second-order valence-corrected chi connectivity index (χ2v) is 5.86. The quantitative estimate of drug-likeness (QED) is 0.770. The smallest absolute Gasteiger partial charge is 0.232 e. The molecule has 1 aliphatic rings. The van der Waals surface area contributed by atoms with Crippen LogP contribution in [0.1, 0.15) is 19.2 Å². The maximum atomic E-state index is 12.2. The van der Waals surface area contributed by atoms with Gasteiger partial charge < -0.3 is 10.6 Å². The summed E-state index contributed by atoms with van der Waals surface area (Å²) in [5.74, 6) is -0.203. The van der Waals surface area contributed by atoms with E-state index in [0.717, 1.165) is 0 Å². The van der Waals surface area contributed by atoms with E-state index in [1.165, 1.54) is 6.92 Å². The summed E-state index contributed by atoms with van der Waals surface area (Å²) in [6, 6.07) is 6.75. The van der Waals surface area contributed by atoms with E-state index in [9.17, 15) is 14.4 Å². The van der Waals surface area contributed by atoms with Gasteiger partial charge in [-0.05, 0) is 31.2 Å². The second kappa shape index (κ2) is 6.71. The summed E-state index contributed by atoms with van der Waals surface area (Å²) in [6.45, 7) is 3.48. The Morgan fingerprint density at radius 1 is 1.24 bits per heavy atom. The summed E-state index contributed by atoms with van der Waals surface area (Å²) < 4.78 is 1.59. The number of benzene rings is 1. The molecule has 0 radical (unpaired) electrons. The Kier molecular flexibility index (Phi) is 4.46. The van der Waals surface area contributed by atoms with Crippen LogP contribution >= 0.6 is 0 Å². The van der Waals surface area contributed by atoms with Gasteiger partial charge in [-0.2, -0.15) is 10.1 Å². The zero-order valence-corrected chi connectivity index (χ0v) is 13.9. The lowest BCUT2D eigenvalue weighted by molar-refractivity contribution is -0.126. The number of amides is 3. The number of nitrogens with one attached hydrogen (secondary N) is 3. The molecule has 25 heavy (non-hydrogen) atoms. The highest BCUT2D eigenvalue weighted by atomic mass is 16.2. The van der Waals surface area contributed by atoms with Gasteiger partial charge in [-0.15, -0.1) is 0 Å². The minimum atomic E-state index is -0.507. The summed E-state index contributed by atoms with van der Waals surface area (Å²) in [7, 11) is 0. The summed E-state index contributed by atoms with van der Waals surface area (Å²) in [5, 5.41) is 12.2. The van der Waals surface area contributed by atoms with E-state index < -0.39 is 5.92 Å². The summed E-state index contributed by atoms with van der Waals surface area (Å²) in [5.41, 5.74) is 1.24. The van der Waals surface area contributed by atoms with Gasteiger partial charge in [0.25, 0.3) is 0 Å². The van der Waals surface area contributed by atoms with Crippen molar-refractivity contribution in [2.24, 2.45) is 5.92 Å². The maximum Gasteiger partial charge on any atom is 0.232 e. The molecule has 3 N–H and O–H groups in total. The molecule has 0 saturated heterocycles. The largest absolute Gasteiger partial charge is 0.326 e. The number of nitrogens with zero attached hydrogens (tertiary/aromatic N) is 3. The summed E-state index contributed by atoms with van der Waals surface area (Å²) >= 11 is 0. The van der Waals surface area contributed by atoms with Gasteiger partial charge in [0.15, 0.2) is 0 Å². The average molecular weight is 342 g/mol. The van der Waals surface area contributed by atoms with E-state index in [4.69, 9.17) is 0 Å². The fourth-order valence-corrected chi connectivity index (χ4v) is 2.61. The molecule has 1 atom stereocenters. The topological polar surface area (TPSA) is 118 Å². The van der Waals surface area contributed by atoms with Crippen molar-refractivity contribution in [2.75, 3.05) is 16.0 Å². The minimum Gasteiger partial charge on any atom is -0.326 e. The van der Waals surface area contributed by atoms with Gasteiger partial charge >= 0.3 is 0 Å². The van der Waals surface area contributed by atoms with Crippen LogP contribution in [0, 0.1) is 12.8 Å². The monoisotopic (exact) mass is 342 g/mol. The van der Waals surface area contributed by atoms with Gasteiger partial charge in [0.2, 0.25) is 23.7 Å². The number of aryl methyl sites for hydroxylation is 1. The fraction of sp³-hybridized carbons (Fsp3) is 0.312. The number of carbonyl (C=O) groups excluding carboxylic acids is 3. The van der Waals surface area contributed by atoms with Crippen LogP contribution in [-0.2, 0) is 20.9 Å². The van der Waals surface area contributed by atoms with Crippen molar-refractivity contribution < 1.29 is 14.4 Å². The first-order chi connectivity index (χ1) is 11.9. The Morgan fingerprint density at radius 3 is 2.52 bits per heavy atom. The Balaban J connectivity index is 1.59. The highest BCUT2D eigenvalue weighted by Crippen LogP contribution is 2.20. The molecule has 0 unspecified atom stereocenters. The average Bonchev–Trinajstić information content (AvgIpc) is 2.88. The lowest BCUT2D eigenvalue weighted by atomic mass is 10.0. The minimum absolute atomic E-state index is 0.0393. The third kappa shape index (κ3) is 4.00. The number of anilines is 3. The zero-order chi connectivity index (χ0) is 18.0. The molecule has 9 nitrogen and oxygen atoms in total. The molecule has 3 rings (SSSR count). The van der Waals surface area contributed by atoms with Gasteiger partial charge in [-0.1, -0.05) is 0 Å². The number of aromatic nitrogens is 3. The SMILES string of the molecule is CC(=O)Nc1ccc(NC(=O)C[C@H]2Cn3nc(C)nc3NC2=O)cc1. The number of hydrogen-bond acceptors (Lipinski definition) is 5. The Morgan fingerprint density at radius 2 is 1.88 bits per heavy atom. The van der Waals surface area contributed by atoms with Gasteiger partial charge in [0.1, 0.15) is 5.82 Å². The first kappa shape index (κ1) is 16.6. The van der Waals surface area contributed by atoms with E-state index >= 15 is 0 Å². The van der Waals surface area contributed by atoms with Crippen molar-refractivity contribution in [1.29, 1.82) is 0 Å². The van der Waals surface area contributed by atoms with Crippen molar-refractivity contribution in [3.05, 3.63) is 30.1 Å². The second-order valence-electron chi connectivity index (χ2n) is 5.86. The molecule has 0 saturated carbocycles. The molecule has 1 aliphatic heterocycles. The number of hydrogen-bond donors (Lipinski definition) is 3. The van der Waals surface area contributed by atoms with Crippen molar-refractivity contribution in [3.8, 4) is 0 Å². The van der Waals surface area contributed by atoms with Crippen molar-refractivity contribution in [3.63, 3.8) is 0 Å². The lowest BCUT2D eigenvalue weighted by Crippen LogP contribution is -2.36. The number of carbonyl (C=O) groups is 3. The van der Waals surface area contributed by atoms with Crippen LogP contribution in [-0.4, -0.2) is 32.5 Å². The Hall–Kier alpha value is -3.23. The van der Waals surface area contributed by atoms with E-state index in [0.29, 0.717) is 29.7 Å².